The van der Waals surface area contributed by atoms with Crippen molar-refractivity contribution < 1.29 is 0 Å². The van der Waals surface area contributed by atoms with Crippen molar-refractivity contribution in [3.05, 3.63) is 187 Å². The third-order valence-corrected chi connectivity index (χ3v) is 12.7. The predicted octanol–water partition coefficient (Wildman–Crippen LogP) is 14.8. The zero-order chi connectivity index (χ0) is 36.4. The van der Waals surface area contributed by atoms with E-state index in [0.29, 0.717) is 0 Å². The second-order valence-electron chi connectivity index (χ2n) is 15.8. The molecule has 0 radical (unpaired) electrons. The SMILES string of the molecule is CC1(C)c2cc3c4ccccc4c4ccccc4c3cc2-c2ncc(-c3ccc(-c4cc5c6ccccc6ccc5c5ccccc45)c4ccccc34)cc21. The van der Waals surface area contributed by atoms with E-state index in [1.54, 1.807) is 0 Å². The summed E-state index contributed by atoms with van der Waals surface area (Å²) in [5.74, 6) is 0. The lowest BCUT2D eigenvalue weighted by atomic mass is 9.80. The van der Waals surface area contributed by atoms with Crippen LogP contribution in [0.1, 0.15) is 25.0 Å². The van der Waals surface area contributed by atoms with E-state index in [1.165, 1.54) is 109 Å². The zero-order valence-electron chi connectivity index (χ0n) is 30.7. The summed E-state index contributed by atoms with van der Waals surface area (Å²) in [6.07, 6.45) is 2.10. The van der Waals surface area contributed by atoms with Gasteiger partial charge < -0.3 is 0 Å². The molecule has 12 rings (SSSR count). The highest BCUT2D eigenvalue weighted by molar-refractivity contribution is 6.26. The lowest BCUT2D eigenvalue weighted by Crippen LogP contribution is -2.15. The summed E-state index contributed by atoms with van der Waals surface area (Å²) in [5, 5.41) is 18.0. The summed E-state index contributed by atoms with van der Waals surface area (Å²) in [4.78, 5) is 5.31. The number of hydrogen-bond acceptors (Lipinski definition) is 1. The Hall–Kier alpha value is -6.83. The van der Waals surface area contributed by atoms with Gasteiger partial charge in [-0.15, -0.1) is 0 Å². The van der Waals surface area contributed by atoms with E-state index in [2.05, 4.69) is 190 Å². The Labute approximate surface area is 319 Å². The van der Waals surface area contributed by atoms with Gasteiger partial charge in [-0.3, -0.25) is 4.98 Å². The molecule has 0 amide bonds. The van der Waals surface area contributed by atoms with Crippen LogP contribution < -0.4 is 0 Å². The number of fused-ring (bicyclic) bond motifs is 15. The predicted molar refractivity (Wildman–Crippen MR) is 235 cm³/mol. The Morgan fingerprint density at radius 1 is 0.327 bits per heavy atom. The molecule has 0 fully saturated rings. The average molecular weight is 698 g/mol. The number of rotatable bonds is 2. The van der Waals surface area contributed by atoms with Crippen LogP contribution in [-0.2, 0) is 5.41 Å². The molecular formula is C54H35N. The zero-order valence-corrected chi connectivity index (χ0v) is 30.7. The van der Waals surface area contributed by atoms with Gasteiger partial charge >= 0.3 is 0 Å². The van der Waals surface area contributed by atoms with E-state index in [4.69, 9.17) is 4.98 Å². The molecule has 1 heterocycles. The third kappa shape index (κ3) is 4.21. The molecule has 1 nitrogen and oxygen atoms in total. The van der Waals surface area contributed by atoms with Crippen molar-refractivity contribution in [3.63, 3.8) is 0 Å². The first kappa shape index (κ1) is 30.6. The van der Waals surface area contributed by atoms with Crippen molar-refractivity contribution in [2.75, 3.05) is 0 Å². The molecule has 0 unspecified atom stereocenters. The van der Waals surface area contributed by atoms with Crippen molar-refractivity contribution in [1.29, 1.82) is 0 Å². The van der Waals surface area contributed by atoms with Gasteiger partial charge in [0.1, 0.15) is 0 Å². The van der Waals surface area contributed by atoms with E-state index in [0.717, 1.165) is 11.3 Å². The van der Waals surface area contributed by atoms with E-state index < -0.39 is 0 Å². The maximum absolute atomic E-state index is 5.31. The first-order chi connectivity index (χ1) is 27.0. The van der Waals surface area contributed by atoms with Crippen molar-refractivity contribution in [3.8, 4) is 33.5 Å². The van der Waals surface area contributed by atoms with Crippen LogP contribution in [0.3, 0.4) is 0 Å². The summed E-state index contributed by atoms with van der Waals surface area (Å²) >= 11 is 0. The molecule has 0 saturated heterocycles. The highest BCUT2D eigenvalue weighted by Crippen LogP contribution is 2.52. The summed E-state index contributed by atoms with van der Waals surface area (Å²) < 4.78 is 0. The van der Waals surface area contributed by atoms with Crippen LogP contribution in [0.25, 0.3) is 109 Å². The molecule has 0 aliphatic heterocycles. The fourth-order valence-corrected chi connectivity index (χ4v) is 9.98. The second-order valence-corrected chi connectivity index (χ2v) is 15.8. The fourth-order valence-electron chi connectivity index (χ4n) is 9.98. The van der Waals surface area contributed by atoms with Crippen molar-refractivity contribution >= 4 is 75.4 Å². The largest absolute Gasteiger partial charge is 0.255 e. The normalized spacial score (nSPS) is 13.4. The average Bonchev–Trinajstić information content (AvgIpc) is 3.46. The Balaban J connectivity index is 1.06. The molecule has 0 saturated carbocycles. The first-order valence-corrected chi connectivity index (χ1v) is 19.3. The third-order valence-electron chi connectivity index (χ3n) is 12.7. The number of nitrogens with zero attached hydrogens (tertiary/aromatic N) is 1. The molecule has 10 aromatic carbocycles. The molecule has 11 aromatic rings. The maximum atomic E-state index is 5.31. The van der Waals surface area contributed by atoms with Gasteiger partial charge in [0, 0.05) is 22.7 Å². The Morgan fingerprint density at radius 3 is 1.45 bits per heavy atom. The number of aromatic nitrogens is 1. The lowest BCUT2D eigenvalue weighted by molar-refractivity contribution is 0.660. The van der Waals surface area contributed by atoms with E-state index in [1.807, 2.05) is 0 Å². The van der Waals surface area contributed by atoms with Gasteiger partial charge in [0.2, 0.25) is 0 Å². The van der Waals surface area contributed by atoms with Crippen molar-refractivity contribution in [1.82, 2.24) is 4.98 Å². The van der Waals surface area contributed by atoms with Gasteiger partial charge in [-0.2, -0.15) is 0 Å². The molecule has 55 heavy (non-hydrogen) atoms. The van der Waals surface area contributed by atoms with Gasteiger partial charge in [-0.25, -0.2) is 0 Å². The topological polar surface area (TPSA) is 12.9 Å². The summed E-state index contributed by atoms with van der Waals surface area (Å²) in [6, 6.07) is 63.2. The Bertz CT molecular complexity index is 3460. The second kappa shape index (κ2) is 11.1. The standard InChI is InChI=1S/C54H35N/c1-54(2)51-30-49-43-22-12-8-18-39(43)38-17-7-11-21-42(38)48(49)29-50(51)53-52(54)27-33(31-55-53)35-25-26-45(37-16-6-5-15-36(35)37)47-28-46-34-14-4-3-13-32(34)23-24-44(46)40-19-9-10-20-41(40)47/h3-31H,1-2H3. The number of hydrogen-bond donors (Lipinski definition) is 0. The molecule has 0 N–H and O–H groups in total. The van der Waals surface area contributed by atoms with E-state index in [9.17, 15) is 0 Å². The highest BCUT2D eigenvalue weighted by atomic mass is 14.7. The molecule has 1 aromatic heterocycles. The fraction of sp³-hybridized carbons (Fsp3) is 0.0556. The van der Waals surface area contributed by atoms with Crippen LogP contribution in [0.15, 0.2) is 176 Å². The lowest BCUT2D eigenvalue weighted by Gasteiger charge is -2.23. The van der Waals surface area contributed by atoms with Crippen molar-refractivity contribution in [2.45, 2.75) is 19.3 Å². The molecule has 1 heteroatoms. The summed E-state index contributed by atoms with van der Waals surface area (Å²) in [7, 11) is 0. The smallest absolute Gasteiger partial charge is 0.0746 e. The Morgan fingerprint density at radius 2 is 0.782 bits per heavy atom. The van der Waals surface area contributed by atoms with Gasteiger partial charge in [-0.05, 0) is 127 Å². The van der Waals surface area contributed by atoms with E-state index in [-0.39, 0.29) is 5.41 Å². The Kier molecular flexibility index (Phi) is 6.18. The molecule has 256 valence electrons. The van der Waals surface area contributed by atoms with Gasteiger partial charge in [0.05, 0.1) is 5.69 Å². The minimum atomic E-state index is -0.211. The highest BCUT2D eigenvalue weighted by Gasteiger charge is 2.37. The summed E-state index contributed by atoms with van der Waals surface area (Å²) in [5.41, 5.74) is 9.62. The van der Waals surface area contributed by atoms with Crippen LogP contribution >= 0.6 is 0 Å². The minimum Gasteiger partial charge on any atom is -0.255 e. The number of benzene rings is 10. The summed E-state index contributed by atoms with van der Waals surface area (Å²) in [6.45, 7) is 4.74. The van der Waals surface area contributed by atoms with Crippen LogP contribution in [0, 0.1) is 0 Å². The number of pyridine rings is 1. The molecule has 0 bridgehead atoms. The molecule has 0 spiro atoms. The van der Waals surface area contributed by atoms with Gasteiger partial charge in [0.15, 0.2) is 0 Å². The molecular weight excluding hydrogens is 663 g/mol. The van der Waals surface area contributed by atoms with Crippen LogP contribution in [-0.4, -0.2) is 4.98 Å². The maximum Gasteiger partial charge on any atom is 0.0746 e. The van der Waals surface area contributed by atoms with E-state index >= 15 is 0 Å². The van der Waals surface area contributed by atoms with Crippen molar-refractivity contribution in [2.24, 2.45) is 0 Å². The van der Waals surface area contributed by atoms with Crippen LogP contribution in [0.2, 0.25) is 0 Å². The van der Waals surface area contributed by atoms with Gasteiger partial charge in [0.25, 0.3) is 0 Å². The monoisotopic (exact) mass is 697 g/mol. The van der Waals surface area contributed by atoms with Crippen LogP contribution in [0.5, 0.6) is 0 Å². The van der Waals surface area contributed by atoms with Crippen LogP contribution in [0.4, 0.5) is 0 Å². The van der Waals surface area contributed by atoms with Gasteiger partial charge in [-0.1, -0.05) is 159 Å². The molecule has 1 aliphatic carbocycles. The molecule has 1 aliphatic rings. The first-order valence-electron chi connectivity index (χ1n) is 19.3. The molecule has 0 atom stereocenters. The minimum absolute atomic E-state index is 0.211. The quantitative estimate of drug-likeness (QED) is 0.164.